The monoisotopic (exact) mass is 381 g/mol. The number of hydrogen-bond acceptors (Lipinski definition) is 5. The maximum atomic E-state index is 12.7. The molecule has 0 aliphatic rings. The molecule has 1 amide bonds. The van der Waals surface area contributed by atoms with Crippen molar-refractivity contribution in [2.45, 2.75) is 13.3 Å². The van der Waals surface area contributed by atoms with E-state index in [4.69, 9.17) is 11.6 Å². The number of rotatable bonds is 6. The van der Waals surface area contributed by atoms with Crippen LogP contribution in [0.25, 0.3) is 0 Å². The highest BCUT2D eigenvalue weighted by Gasteiger charge is 2.14. The van der Waals surface area contributed by atoms with Gasteiger partial charge >= 0.3 is 0 Å². The smallest absolute Gasteiger partial charge is 0.272 e. The zero-order valence-electron chi connectivity index (χ0n) is 15.2. The van der Waals surface area contributed by atoms with Gasteiger partial charge in [0, 0.05) is 42.9 Å². The van der Waals surface area contributed by atoms with Crippen molar-refractivity contribution in [2.75, 3.05) is 18.9 Å². The van der Waals surface area contributed by atoms with Gasteiger partial charge in [0.25, 0.3) is 5.91 Å². The standard InChI is InChI=1S/C20H20ClN5O/c1-14-16(21)4-3-5-17(14)24-20-23-12-8-18(25-20)19(27)26(2)13-9-15-6-10-22-11-7-15/h3-8,10-12H,9,13H2,1-2H3,(H,23,24,25). The molecule has 6 nitrogen and oxygen atoms in total. The number of halogens is 1. The van der Waals surface area contributed by atoms with Crippen molar-refractivity contribution < 1.29 is 4.79 Å². The Balaban J connectivity index is 1.68. The maximum Gasteiger partial charge on any atom is 0.272 e. The zero-order chi connectivity index (χ0) is 19.2. The number of nitrogens with zero attached hydrogens (tertiary/aromatic N) is 4. The Morgan fingerprint density at radius 2 is 1.93 bits per heavy atom. The third-order valence-electron chi connectivity index (χ3n) is 4.22. The number of hydrogen-bond donors (Lipinski definition) is 1. The number of anilines is 2. The summed E-state index contributed by atoms with van der Waals surface area (Å²) >= 11 is 6.14. The molecule has 0 saturated carbocycles. The molecule has 0 aliphatic heterocycles. The average Bonchev–Trinajstić information content (AvgIpc) is 2.70. The lowest BCUT2D eigenvalue weighted by Crippen LogP contribution is -2.29. The molecule has 1 N–H and O–H groups in total. The molecule has 138 valence electrons. The predicted octanol–water partition coefficient (Wildman–Crippen LogP) is 3.89. The van der Waals surface area contributed by atoms with E-state index < -0.39 is 0 Å². The number of pyridine rings is 1. The molecular weight excluding hydrogens is 362 g/mol. The van der Waals surface area contributed by atoms with Gasteiger partial charge in [0.15, 0.2) is 0 Å². The summed E-state index contributed by atoms with van der Waals surface area (Å²) in [6.07, 6.45) is 5.82. The van der Waals surface area contributed by atoms with E-state index in [0.29, 0.717) is 23.2 Å². The van der Waals surface area contributed by atoms with Gasteiger partial charge in [-0.25, -0.2) is 9.97 Å². The topological polar surface area (TPSA) is 71.0 Å². The fourth-order valence-corrected chi connectivity index (χ4v) is 2.72. The van der Waals surface area contributed by atoms with Crippen LogP contribution in [0.5, 0.6) is 0 Å². The van der Waals surface area contributed by atoms with E-state index in [0.717, 1.165) is 23.2 Å². The number of aromatic nitrogens is 3. The number of carbonyl (C=O) groups is 1. The van der Waals surface area contributed by atoms with Crippen molar-refractivity contribution in [1.29, 1.82) is 0 Å². The fourth-order valence-electron chi connectivity index (χ4n) is 2.54. The van der Waals surface area contributed by atoms with Crippen LogP contribution in [0, 0.1) is 6.92 Å². The van der Waals surface area contributed by atoms with Crippen LogP contribution in [-0.4, -0.2) is 39.4 Å². The van der Waals surface area contributed by atoms with Gasteiger partial charge in [0.1, 0.15) is 5.69 Å². The van der Waals surface area contributed by atoms with E-state index in [1.54, 1.807) is 36.6 Å². The third-order valence-corrected chi connectivity index (χ3v) is 4.63. The minimum atomic E-state index is -0.155. The number of benzene rings is 1. The SMILES string of the molecule is Cc1c(Cl)cccc1Nc1nccc(C(=O)N(C)CCc2ccncc2)n1. The molecule has 0 bridgehead atoms. The van der Waals surface area contributed by atoms with E-state index in [9.17, 15) is 4.79 Å². The van der Waals surface area contributed by atoms with Crippen molar-refractivity contribution in [3.05, 3.63) is 76.8 Å². The molecule has 2 heterocycles. The maximum absolute atomic E-state index is 12.7. The van der Waals surface area contributed by atoms with Crippen LogP contribution in [-0.2, 0) is 6.42 Å². The van der Waals surface area contributed by atoms with E-state index >= 15 is 0 Å². The summed E-state index contributed by atoms with van der Waals surface area (Å²) in [5, 5.41) is 3.78. The Bertz CT molecular complexity index is 933. The summed E-state index contributed by atoms with van der Waals surface area (Å²) < 4.78 is 0. The van der Waals surface area contributed by atoms with Crippen molar-refractivity contribution in [3.8, 4) is 0 Å². The molecule has 0 saturated heterocycles. The summed E-state index contributed by atoms with van der Waals surface area (Å²) in [5.41, 5.74) is 3.17. The van der Waals surface area contributed by atoms with Crippen LogP contribution in [0.2, 0.25) is 5.02 Å². The quantitative estimate of drug-likeness (QED) is 0.701. The minimum absolute atomic E-state index is 0.155. The molecule has 2 aromatic heterocycles. The number of amides is 1. The first-order valence-corrected chi connectivity index (χ1v) is 8.92. The van der Waals surface area contributed by atoms with Crippen molar-refractivity contribution in [2.24, 2.45) is 0 Å². The van der Waals surface area contributed by atoms with Crippen LogP contribution < -0.4 is 5.32 Å². The molecule has 0 unspecified atom stereocenters. The molecule has 0 radical (unpaired) electrons. The Labute approximate surface area is 163 Å². The van der Waals surface area contributed by atoms with E-state index in [1.165, 1.54) is 0 Å². The Morgan fingerprint density at radius 1 is 1.15 bits per heavy atom. The summed E-state index contributed by atoms with van der Waals surface area (Å²) in [4.78, 5) is 26.9. The average molecular weight is 382 g/mol. The van der Waals surface area contributed by atoms with Gasteiger partial charge in [0.2, 0.25) is 5.95 Å². The lowest BCUT2D eigenvalue weighted by molar-refractivity contribution is 0.0791. The first-order valence-electron chi connectivity index (χ1n) is 8.54. The van der Waals surface area contributed by atoms with Crippen LogP contribution in [0.4, 0.5) is 11.6 Å². The molecule has 3 aromatic rings. The van der Waals surface area contributed by atoms with Gasteiger partial charge in [0.05, 0.1) is 0 Å². The molecule has 0 atom stereocenters. The Hall–Kier alpha value is -2.99. The van der Waals surface area contributed by atoms with Crippen molar-refractivity contribution >= 4 is 29.1 Å². The van der Waals surface area contributed by atoms with Gasteiger partial charge < -0.3 is 10.2 Å². The van der Waals surface area contributed by atoms with Gasteiger partial charge in [-0.15, -0.1) is 0 Å². The summed E-state index contributed by atoms with van der Waals surface area (Å²) in [6.45, 7) is 2.50. The summed E-state index contributed by atoms with van der Waals surface area (Å²) in [6, 6.07) is 11.1. The summed E-state index contributed by atoms with van der Waals surface area (Å²) in [7, 11) is 1.76. The van der Waals surface area contributed by atoms with E-state index in [1.807, 2.05) is 37.3 Å². The van der Waals surface area contributed by atoms with Crippen LogP contribution in [0.3, 0.4) is 0 Å². The second-order valence-electron chi connectivity index (χ2n) is 6.14. The van der Waals surface area contributed by atoms with Gasteiger partial charge in [-0.2, -0.15) is 0 Å². The first kappa shape index (κ1) is 18.8. The largest absolute Gasteiger partial charge is 0.340 e. The molecule has 7 heteroatoms. The lowest BCUT2D eigenvalue weighted by Gasteiger charge is -2.17. The number of likely N-dealkylation sites (N-methyl/N-ethyl adjacent to an activating group) is 1. The molecule has 27 heavy (non-hydrogen) atoms. The van der Waals surface area contributed by atoms with Crippen LogP contribution >= 0.6 is 11.6 Å². The molecule has 1 aromatic carbocycles. The number of carbonyl (C=O) groups excluding carboxylic acids is 1. The van der Waals surface area contributed by atoms with E-state index in [-0.39, 0.29) is 5.91 Å². The molecule has 0 fully saturated rings. The van der Waals surface area contributed by atoms with Gasteiger partial charge in [-0.05, 0) is 54.8 Å². The Kier molecular flexibility index (Phi) is 5.98. The predicted molar refractivity (Wildman–Crippen MR) is 106 cm³/mol. The van der Waals surface area contributed by atoms with Gasteiger partial charge in [-0.1, -0.05) is 17.7 Å². The van der Waals surface area contributed by atoms with Crippen LogP contribution in [0.15, 0.2) is 55.0 Å². The van der Waals surface area contributed by atoms with Crippen LogP contribution in [0.1, 0.15) is 21.6 Å². The van der Waals surface area contributed by atoms with Gasteiger partial charge in [-0.3, -0.25) is 9.78 Å². The molecule has 0 spiro atoms. The highest BCUT2D eigenvalue weighted by Crippen LogP contribution is 2.24. The van der Waals surface area contributed by atoms with E-state index in [2.05, 4.69) is 20.3 Å². The first-order chi connectivity index (χ1) is 13.0. The number of nitrogens with one attached hydrogen (secondary N) is 1. The highest BCUT2D eigenvalue weighted by molar-refractivity contribution is 6.31. The summed E-state index contributed by atoms with van der Waals surface area (Å²) in [5.74, 6) is 0.200. The molecule has 0 aliphatic carbocycles. The Morgan fingerprint density at radius 3 is 2.70 bits per heavy atom. The molecule has 3 rings (SSSR count). The lowest BCUT2D eigenvalue weighted by atomic mass is 10.2. The highest BCUT2D eigenvalue weighted by atomic mass is 35.5. The third kappa shape index (κ3) is 4.80. The minimum Gasteiger partial charge on any atom is -0.340 e. The fraction of sp³-hybridized carbons (Fsp3) is 0.200. The van der Waals surface area contributed by atoms with Crippen molar-refractivity contribution in [3.63, 3.8) is 0 Å². The normalized spacial score (nSPS) is 10.5. The van der Waals surface area contributed by atoms with Crippen molar-refractivity contribution in [1.82, 2.24) is 19.9 Å². The second-order valence-corrected chi connectivity index (χ2v) is 6.54. The second kappa shape index (κ2) is 8.60. The zero-order valence-corrected chi connectivity index (χ0v) is 15.9. The molecular formula is C20H20ClN5O.